The van der Waals surface area contributed by atoms with Crippen molar-refractivity contribution >= 4 is 0 Å². The molecule has 1 aliphatic heterocycles. The zero-order valence-electron chi connectivity index (χ0n) is 30.6. The highest BCUT2D eigenvalue weighted by Crippen LogP contribution is 2.62. The van der Waals surface area contributed by atoms with Crippen molar-refractivity contribution in [1.82, 2.24) is 19.9 Å². The molecule has 0 saturated carbocycles. The minimum absolute atomic E-state index is 0.514. The molecule has 0 atom stereocenters. The summed E-state index contributed by atoms with van der Waals surface area (Å²) in [6.07, 6.45) is 1.75. The van der Waals surface area contributed by atoms with Crippen LogP contribution in [0.2, 0.25) is 0 Å². The predicted octanol–water partition coefficient (Wildman–Crippen LogP) is 12.2. The van der Waals surface area contributed by atoms with Crippen molar-refractivity contribution in [2.24, 2.45) is 0 Å². The predicted molar refractivity (Wildman–Crippen MR) is 223 cm³/mol. The lowest BCUT2D eigenvalue weighted by Gasteiger charge is -2.34. The first-order chi connectivity index (χ1) is 28.2. The Hall–Kier alpha value is -7.70. The zero-order chi connectivity index (χ0) is 37.8. The van der Waals surface area contributed by atoms with Crippen LogP contribution in [0.5, 0.6) is 23.0 Å². The summed E-state index contributed by atoms with van der Waals surface area (Å²) in [7, 11) is 0. The lowest BCUT2D eigenvalue weighted by Crippen LogP contribution is -2.28. The SMILES string of the molecule is c1ccc(-c2nc(-c3cccc(-c4ccc5c(c4)Oc4c(ccc6c4-c4ccccc4C6(c4ccccc4)c4ccccc4)O5)c3)nc(-c3ccccn3)n2)cc1. The molecule has 3 heterocycles. The van der Waals surface area contributed by atoms with E-state index in [1.165, 1.54) is 16.7 Å². The smallest absolute Gasteiger partial charge is 0.182 e. The molecule has 57 heavy (non-hydrogen) atoms. The monoisotopic (exact) mass is 732 g/mol. The van der Waals surface area contributed by atoms with Gasteiger partial charge in [0, 0.05) is 22.9 Å². The Morgan fingerprint density at radius 1 is 0.386 bits per heavy atom. The first kappa shape index (κ1) is 32.7. The normalized spacial score (nSPS) is 13.0. The number of ether oxygens (including phenoxy) is 2. The van der Waals surface area contributed by atoms with Gasteiger partial charge in [0.05, 0.1) is 5.41 Å². The maximum Gasteiger partial charge on any atom is 0.182 e. The highest BCUT2D eigenvalue weighted by atomic mass is 16.6. The van der Waals surface area contributed by atoms with E-state index >= 15 is 0 Å². The summed E-state index contributed by atoms with van der Waals surface area (Å²) in [6.45, 7) is 0. The van der Waals surface area contributed by atoms with Gasteiger partial charge in [-0.05, 0) is 75.3 Å². The molecule has 0 fully saturated rings. The Labute approximate surface area is 329 Å². The fourth-order valence-corrected chi connectivity index (χ4v) is 8.41. The standard InChI is InChI=1S/C51H32N4O2/c1-4-15-33(16-5-1)48-53-49(55-50(54-48)42-25-12-13-30-52-42)36-18-14-17-34(31-36)35-26-28-43-45(32-35)57-47-44(56-43)29-27-41-46(47)39-23-10-11-24-40(39)51(41,37-19-6-2-7-20-37)38-21-8-3-9-22-38/h1-32H. The number of aromatic nitrogens is 4. The summed E-state index contributed by atoms with van der Waals surface area (Å²) in [5, 5.41) is 0. The maximum absolute atomic E-state index is 6.98. The number of fused-ring (bicyclic) bond motifs is 6. The summed E-state index contributed by atoms with van der Waals surface area (Å²) in [5.41, 5.74) is 10.8. The van der Waals surface area contributed by atoms with E-state index in [9.17, 15) is 0 Å². The zero-order valence-corrected chi connectivity index (χ0v) is 30.6. The van der Waals surface area contributed by atoms with Crippen LogP contribution in [0.3, 0.4) is 0 Å². The summed E-state index contributed by atoms with van der Waals surface area (Å²) in [5.74, 6) is 4.38. The Balaban J connectivity index is 1.01. The second-order valence-electron chi connectivity index (χ2n) is 14.2. The van der Waals surface area contributed by atoms with Gasteiger partial charge in [0.1, 0.15) is 5.69 Å². The molecule has 6 nitrogen and oxygen atoms in total. The minimum atomic E-state index is -0.540. The molecule has 7 aromatic carbocycles. The van der Waals surface area contributed by atoms with Crippen LogP contribution in [0.4, 0.5) is 0 Å². The van der Waals surface area contributed by atoms with Crippen molar-refractivity contribution in [2.75, 3.05) is 0 Å². The van der Waals surface area contributed by atoms with E-state index in [1.807, 2.05) is 66.7 Å². The van der Waals surface area contributed by atoms with Gasteiger partial charge in [-0.15, -0.1) is 0 Å². The third-order valence-corrected chi connectivity index (χ3v) is 10.9. The van der Waals surface area contributed by atoms with Gasteiger partial charge in [-0.1, -0.05) is 152 Å². The van der Waals surface area contributed by atoms with Gasteiger partial charge in [0.25, 0.3) is 0 Å². The quantitative estimate of drug-likeness (QED) is 0.169. The van der Waals surface area contributed by atoms with E-state index in [1.54, 1.807) is 6.20 Å². The van der Waals surface area contributed by atoms with Crippen molar-refractivity contribution in [3.63, 3.8) is 0 Å². The Kier molecular flexibility index (Phi) is 7.60. The van der Waals surface area contributed by atoms with Crippen LogP contribution in [-0.2, 0) is 5.41 Å². The molecule has 11 rings (SSSR count). The van der Waals surface area contributed by atoms with Crippen LogP contribution in [0.25, 0.3) is 56.5 Å². The van der Waals surface area contributed by atoms with Gasteiger partial charge in [-0.3, -0.25) is 4.98 Å². The average Bonchev–Trinajstić information content (AvgIpc) is 3.61. The molecular formula is C51H32N4O2. The van der Waals surface area contributed by atoms with Gasteiger partial charge < -0.3 is 9.47 Å². The average molecular weight is 733 g/mol. The minimum Gasteiger partial charge on any atom is -0.449 e. The van der Waals surface area contributed by atoms with E-state index in [2.05, 4.69) is 126 Å². The molecule has 2 aliphatic rings. The lowest BCUT2D eigenvalue weighted by molar-refractivity contribution is 0.360. The van der Waals surface area contributed by atoms with E-state index < -0.39 is 5.41 Å². The van der Waals surface area contributed by atoms with Crippen LogP contribution in [0, 0.1) is 0 Å². The lowest BCUT2D eigenvalue weighted by atomic mass is 9.68. The van der Waals surface area contributed by atoms with Crippen LogP contribution in [0.1, 0.15) is 22.3 Å². The van der Waals surface area contributed by atoms with E-state index in [-0.39, 0.29) is 0 Å². The van der Waals surface area contributed by atoms with Crippen LogP contribution in [-0.4, -0.2) is 19.9 Å². The van der Waals surface area contributed by atoms with Crippen LogP contribution in [0.15, 0.2) is 194 Å². The second kappa shape index (κ2) is 13.3. The van der Waals surface area contributed by atoms with Crippen LogP contribution >= 0.6 is 0 Å². The maximum atomic E-state index is 6.98. The van der Waals surface area contributed by atoms with Gasteiger partial charge in [-0.25, -0.2) is 15.0 Å². The first-order valence-electron chi connectivity index (χ1n) is 19.0. The second-order valence-corrected chi connectivity index (χ2v) is 14.2. The number of pyridine rings is 1. The largest absolute Gasteiger partial charge is 0.449 e. The topological polar surface area (TPSA) is 70.0 Å². The van der Waals surface area contributed by atoms with Crippen molar-refractivity contribution < 1.29 is 9.47 Å². The summed E-state index contributed by atoms with van der Waals surface area (Å²) >= 11 is 0. The third-order valence-electron chi connectivity index (χ3n) is 10.9. The van der Waals surface area contributed by atoms with E-state index in [4.69, 9.17) is 24.4 Å². The van der Waals surface area contributed by atoms with Gasteiger partial charge in [-0.2, -0.15) is 0 Å². The third kappa shape index (κ3) is 5.34. The van der Waals surface area contributed by atoms with E-state index in [0.717, 1.165) is 38.9 Å². The number of benzene rings is 7. The first-order valence-corrected chi connectivity index (χ1v) is 19.0. The van der Waals surface area contributed by atoms with Crippen LogP contribution < -0.4 is 9.47 Å². The molecule has 0 unspecified atom stereocenters. The molecule has 0 N–H and O–H groups in total. The highest BCUT2D eigenvalue weighted by molar-refractivity contribution is 5.92. The fourth-order valence-electron chi connectivity index (χ4n) is 8.41. The summed E-state index contributed by atoms with van der Waals surface area (Å²) in [6, 6.07) is 64.5. The fraction of sp³-hybridized carbons (Fsp3) is 0.0196. The molecule has 0 saturated heterocycles. The molecule has 0 amide bonds. The molecular weight excluding hydrogens is 701 g/mol. The molecule has 268 valence electrons. The summed E-state index contributed by atoms with van der Waals surface area (Å²) in [4.78, 5) is 19.2. The number of nitrogens with zero attached hydrogens (tertiary/aromatic N) is 4. The molecule has 1 aliphatic carbocycles. The Bertz CT molecular complexity index is 2860. The number of hydrogen-bond acceptors (Lipinski definition) is 6. The highest BCUT2D eigenvalue weighted by Gasteiger charge is 2.48. The van der Waals surface area contributed by atoms with Gasteiger partial charge in [0.2, 0.25) is 0 Å². The molecule has 9 aromatic rings. The Morgan fingerprint density at radius 3 is 1.75 bits per heavy atom. The van der Waals surface area contributed by atoms with Gasteiger partial charge >= 0.3 is 0 Å². The molecule has 2 aromatic heterocycles. The Morgan fingerprint density at radius 2 is 1.00 bits per heavy atom. The van der Waals surface area contributed by atoms with Gasteiger partial charge in [0.15, 0.2) is 40.5 Å². The van der Waals surface area contributed by atoms with Crippen molar-refractivity contribution in [3.8, 4) is 79.5 Å². The van der Waals surface area contributed by atoms with Crippen molar-refractivity contribution in [2.45, 2.75) is 5.41 Å². The van der Waals surface area contributed by atoms with Crippen molar-refractivity contribution in [1.29, 1.82) is 0 Å². The number of rotatable bonds is 6. The molecule has 0 spiro atoms. The molecule has 6 heteroatoms. The number of hydrogen-bond donors (Lipinski definition) is 0. The van der Waals surface area contributed by atoms with Crippen molar-refractivity contribution in [3.05, 3.63) is 217 Å². The summed E-state index contributed by atoms with van der Waals surface area (Å²) < 4.78 is 13.6. The molecule has 0 bridgehead atoms. The van der Waals surface area contributed by atoms with E-state index in [0.29, 0.717) is 46.2 Å². The molecule has 0 radical (unpaired) electrons.